The molecule has 0 radical (unpaired) electrons. The van der Waals surface area contributed by atoms with Crippen LogP contribution in [-0.2, 0) is 4.74 Å². The molecule has 0 amide bonds. The fraction of sp³-hybridized carbons (Fsp3) is 0.778. The van der Waals surface area contributed by atoms with Crippen LogP contribution >= 0.6 is 0 Å². The second kappa shape index (κ2) is 4.59. The minimum atomic E-state index is -0.409. The van der Waals surface area contributed by atoms with E-state index in [1.807, 2.05) is 12.2 Å². The largest absolute Gasteiger partial charge is 0.508 e. The Morgan fingerprint density at radius 2 is 2.09 bits per heavy atom. The van der Waals surface area contributed by atoms with Gasteiger partial charge in [-0.3, -0.25) is 0 Å². The summed E-state index contributed by atoms with van der Waals surface area (Å²) in [6, 6.07) is -0.185. The predicted octanol–water partition coefficient (Wildman–Crippen LogP) is 2.14. The SMILES string of the molecule is C[C@]12C=CC(O)=CC1CC[C@@H]1[C@H]2OC[C@]2(C)C(N)C(O)C[C@@H]12. The Kier molecular flexibility index (Phi) is 3.07. The highest BCUT2D eigenvalue weighted by molar-refractivity contribution is 5.27. The van der Waals surface area contributed by atoms with Crippen molar-refractivity contribution in [1.29, 1.82) is 0 Å². The molecule has 0 aromatic heterocycles. The Hall–Kier alpha value is -0.840. The number of ether oxygens (including phenoxy) is 1. The van der Waals surface area contributed by atoms with Crippen LogP contribution in [0.25, 0.3) is 0 Å². The molecule has 4 aliphatic rings. The first-order valence-electron chi connectivity index (χ1n) is 8.51. The Morgan fingerprint density at radius 3 is 2.86 bits per heavy atom. The summed E-state index contributed by atoms with van der Waals surface area (Å²) in [5, 5.41) is 20.1. The van der Waals surface area contributed by atoms with E-state index in [1.54, 1.807) is 0 Å². The van der Waals surface area contributed by atoms with Gasteiger partial charge in [0.2, 0.25) is 0 Å². The summed E-state index contributed by atoms with van der Waals surface area (Å²) in [6.07, 6.45) is 8.63. The standard InChI is InChI=1S/C18H27NO3/c1-17-6-5-11(20)7-10(17)3-4-12-13-8-14(21)15(19)18(13,2)9-22-16(12)17/h5-7,10,12-16,20-21H,3-4,8-9,19H2,1-2H3/t10?,12-,13-,14?,15?,16+,17-,18-/m0/s1. The summed E-state index contributed by atoms with van der Waals surface area (Å²) in [5.41, 5.74) is 6.11. The van der Waals surface area contributed by atoms with Crippen LogP contribution in [0.1, 0.15) is 33.1 Å². The van der Waals surface area contributed by atoms with Gasteiger partial charge in [0, 0.05) is 16.9 Å². The van der Waals surface area contributed by atoms with Crippen molar-refractivity contribution in [2.45, 2.75) is 51.4 Å². The lowest BCUT2D eigenvalue weighted by molar-refractivity contribution is -0.185. The second-order valence-electron chi connectivity index (χ2n) is 8.31. The highest BCUT2D eigenvalue weighted by atomic mass is 16.5. The van der Waals surface area contributed by atoms with Gasteiger partial charge in [0.15, 0.2) is 0 Å². The van der Waals surface area contributed by atoms with E-state index in [1.165, 1.54) is 0 Å². The van der Waals surface area contributed by atoms with Gasteiger partial charge in [0.05, 0.1) is 18.8 Å². The molecule has 1 heterocycles. The molecule has 1 aliphatic heterocycles. The minimum absolute atomic E-state index is 0.0614. The molecule has 3 fully saturated rings. The van der Waals surface area contributed by atoms with Crippen molar-refractivity contribution in [3.8, 4) is 0 Å². The maximum absolute atomic E-state index is 10.3. The molecule has 4 N–H and O–H groups in total. The molecule has 2 saturated carbocycles. The normalized spacial score (nSPS) is 56.8. The number of hydrogen-bond donors (Lipinski definition) is 3. The molecule has 3 unspecified atom stereocenters. The maximum atomic E-state index is 10.3. The van der Waals surface area contributed by atoms with Crippen LogP contribution in [-0.4, -0.2) is 35.1 Å². The number of fused-ring (bicyclic) bond motifs is 5. The number of hydrogen-bond acceptors (Lipinski definition) is 4. The molecule has 122 valence electrons. The van der Waals surface area contributed by atoms with Crippen molar-refractivity contribution in [2.75, 3.05) is 6.61 Å². The van der Waals surface area contributed by atoms with Crippen molar-refractivity contribution < 1.29 is 14.9 Å². The van der Waals surface area contributed by atoms with E-state index in [0.717, 1.165) is 19.3 Å². The topological polar surface area (TPSA) is 75.7 Å². The monoisotopic (exact) mass is 305 g/mol. The van der Waals surface area contributed by atoms with Crippen molar-refractivity contribution in [3.63, 3.8) is 0 Å². The lowest BCUT2D eigenvalue weighted by Gasteiger charge is -2.57. The highest BCUT2D eigenvalue weighted by Crippen LogP contribution is 2.59. The van der Waals surface area contributed by atoms with Crippen LogP contribution < -0.4 is 5.73 Å². The zero-order valence-corrected chi connectivity index (χ0v) is 13.4. The molecule has 22 heavy (non-hydrogen) atoms. The molecule has 0 aromatic rings. The maximum Gasteiger partial charge on any atom is 0.111 e. The van der Waals surface area contributed by atoms with Crippen molar-refractivity contribution in [1.82, 2.24) is 0 Å². The smallest absolute Gasteiger partial charge is 0.111 e. The van der Waals surface area contributed by atoms with E-state index in [4.69, 9.17) is 10.5 Å². The van der Waals surface area contributed by atoms with Crippen LogP contribution in [0, 0.1) is 28.6 Å². The summed E-state index contributed by atoms with van der Waals surface area (Å²) >= 11 is 0. The fourth-order valence-corrected chi connectivity index (χ4v) is 5.73. The van der Waals surface area contributed by atoms with Crippen LogP contribution in [0.5, 0.6) is 0 Å². The number of allylic oxidation sites excluding steroid dienone is 2. The molecule has 1 saturated heterocycles. The molecule has 4 heteroatoms. The molecule has 8 atom stereocenters. The second-order valence-corrected chi connectivity index (χ2v) is 8.31. The minimum Gasteiger partial charge on any atom is -0.508 e. The molecule has 0 spiro atoms. The van der Waals surface area contributed by atoms with E-state index in [0.29, 0.717) is 30.1 Å². The van der Waals surface area contributed by atoms with Crippen LogP contribution in [0.4, 0.5) is 0 Å². The van der Waals surface area contributed by atoms with Gasteiger partial charge in [0.25, 0.3) is 0 Å². The fourth-order valence-electron chi connectivity index (χ4n) is 5.73. The average Bonchev–Trinajstić information content (AvgIpc) is 2.72. The quantitative estimate of drug-likeness (QED) is 0.641. The van der Waals surface area contributed by atoms with Crippen molar-refractivity contribution >= 4 is 0 Å². The summed E-state index contributed by atoms with van der Waals surface area (Å²) in [7, 11) is 0. The molecule has 4 nitrogen and oxygen atoms in total. The van der Waals surface area contributed by atoms with Gasteiger partial charge < -0.3 is 20.7 Å². The lowest BCUT2D eigenvalue weighted by Crippen LogP contribution is -2.59. The van der Waals surface area contributed by atoms with Gasteiger partial charge in [-0.1, -0.05) is 19.9 Å². The summed E-state index contributed by atoms with van der Waals surface area (Å²) in [6.45, 7) is 5.07. The molecular weight excluding hydrogens is 278 g/mol. The molecule has 4 rings (SSSR count). The van der Waals surface area contributed by atoms with Crippen LogP contribution in [0.15, 0.2) is 24.0 Å². The summed E-state index contributed by atoms with van der Waals surface area (Å²) < 4.78 is 6.37. The van der Waals surface area contributed by atoms with Crippen molar-refractivity contribution in [2.24, 2.45) is 34.3 Å². The van der Waals surface area contributed by atoms with Gasteiger partial charge in [-0.2, -0.15) is 0 Å². The first-order chi connectivity index (χ1) is 10.4. The number of aliphatic hydroxyl groups excluding tert-OH is 2. The number of aliphatic hydroxyl groups is 2. The third-order valence-corrected chi connectivity index (χ3v) is 7.21. The van der Waals surface area contributed by atoms with Gasteiger partial charge >= 0.3 is 0 Å². The highest BCUT2D eigenvalue weighted by Gasteiger charge is 2.61. The van der Waals surface area contributed by atoms with E-state index in [2.05, 4.69) is 19.9 Å². The van der Waals surface area contributed by atoms with Gasteiger partial charge in [-0.25, -0.2) is 0 Å². The van der Waals surface area contributed by atoms with E-state index < -0.39 is 6.10 Å². The number of rotatable bonds is 0. The van der Waals surface area contributed by atoms with Gasteiger partial charge in [-0.05, 0) is 49.2 Å². The lowest BCUT2D eigenvalue weighted by atomic mass is 9.54. The van der Waals surface area contributed by atoms with E-state index in [-0.39, 0.29) is 23.0 Å². The first-order valence-corrected chi connectivity index (χ1v) is 8.51. The summed E-state index contributed by atoms with van der Waals surface area (Å²) in [5.74, 6) is 1.59. The Morgan fingerprint density at radius 1 is 1.32 bits per heavy atom. The Bertz CT molecular complexity index is 544. The van der Waals surface area contributed by atoms with Crippen LogP contribution in [0.3, 0.4) is 0 Å². The van der Waals surface area contributed by atoms with E-state index in [9.17, 15) is 10.2 Å². The Balaban J connectivity index is 1.68. The summed E-state index contributed by atoms with van der Waals surface area (Å²) in [4.78, 5) is 0. The molecular formula is C18H27NO3. The molecule has 3 aliphatic carbocycles. The van der Waals surface area contributed by atoms with Gasteiger partial charge in [-0.15, -0.1) is 0 Å². The third-order valence-electron chi connectivity index (χ3n) is 7.21. The zero-order chi connectivity index (χ0) is 15.7. The molecule has 0 bridgehead atoms. The number of nitrogens with two attached hydrogens (primary N) is 1. The third kappa shape index (κ3) is 1.75. The first kappa shape index (κ1) is 14.7. The predicted molar refractivity (Wildman–Crippen MR) is 84.1 cm³/mol. The Labute approximate surface area is 132 Å². The van der Waals surface area contributed by atoms with Gasteiger partial charge in [0.1, 0.15) is 5.76 Å². The van der Waals surface area contributed by atoms with Crippen molar-refractivity contribution in [3.05, 3.63) is 24.0 Å². The van der Waals surface area contributed by atoms with E-state index >= 15 is 0 Å². The average molecular weight is 305 g/mol. The zero-order valence-electron chi connectivity index (χ0n) is 13.4. The van der Waals surface area contributed by atoms with Crippen LogP contribution in [0.2, 0.25) is 0 Å². The molecule has 0 aromatic carbocycles.